The molecule has 21 heavy (non-hydrogen) atoms. The van der Waals surface area contributed by atoms with Crippen LogP contribution in [0.25, 0.3) is 0 Å². The van der Waals surface area contributed by atoms with Crippen LogP contribution in [0.3, 0.4) is 0 Å². The van der Waals surface area contributed by atoms with E-state index < -0.39 is 0 Å². The van der Waals surface area contributed by atoms with E-state index in [1.165, 1.54) is 0 Å². The molecule has 0 aliphatic heterocycles. The Bertz CT molecular complexity index is 628. The summed E-state index contributed by atoms with van der Waals surface area (Å²) in [5, 5.41) is 12.0. The maximum Gasteiger partial charge on any atom is 0.0500 e. The van der Waals surface area contributed by atoms with Crippen molar-refractivity contribution in [2.45, 2.75) is 18.8 Å². The Hall–Kier alpha value is -0.440. The highest BCUT2D eigenvalue weighted by atomic mass is 35.5. The average molecular weight is 364 g/mol. The molecule has 0 unspecified atom stereocenters. The third kappa shape index (κ3) is 4.51. The van der Waals surface area contributed by atoms with Gasteiger partial charge in [-0.1, -0.05) is 58.5 Å². The lowest BCUT2D eigenvalue weighted by Gasteiger charge is -2.17. The van der Waals surface area contributed by atoms with Crippen molar-refractivity contribution in [1.29, 1.82) is 0 Å². The molecule has 2 aromatic rings. The maximum atomic E-state index is 9.62. The first-order chi connectivity index (χ1) is 10.0. The van der Waals surface area contributed by atoms with Crippen LogP contribution in [0.5, 0.6) is 0 Å². The molecule has 5 heteroatoms. The summed E-state index contributed by atoms with van der Waals surface area (Å²) in [4.78, 5) is 0. The first-order valence-electron chi connectivity index (χ1n) is 6.51. The molecule has 0 aromatic heterocycles. The third-order valence-electron chi connectivity index (χ3n) is 3.40. The molecule has 0 aliphatic rings. The van der Waals surface area contributed by atoms with Crippen molar-refractivity contribution in [3.05, 3.63) is 67.6 Å². The summed E-state index contributed by atoms with van der Waals surface area (Å²) < 4.78 is 0. The van der Waals surface area contributed by atoms with Crippen LogP contribution in [0, 0.1) is 0 Å². The zero-order valence-corrected chi connectivity index (χ0v) is 14.1. The first kappa shape index (κ1) is 16.9. The number of benzene rings is 2. The van der Waals surface area contributed by atoms with Crippen LogP contribution in [0.4, 0.5) is 0 Å². The molecule has 1 N–H and O–H groups in total. The zero-order valence-electron chi connectivity index (χ0n) is 11.1. The lowest BCUT2D eigenvalue weighted by Crippen LogP contribution is -2.06. The maximum absolute atomic E-state index is 9.62. The zero-order chi connectivity index (χ0) is 15.4. The van der Waals surface area contributed by atoms with E-state index in [1.54, 1.807) is 18.2 Å². The fourth-order valence-corrected chi connectivity index (χ4v) is 3.30. The number of hydrogen-bond acceptors (Lipinski definition) is 1. The highest BCUT2D eigenvalue weighted by Gasteiger charge is 2.15. The van der Waals surface area contributed by atoms with E-state index in [1.807, 2.05) is 18.2 Å². The number of rotatable bonds is 5. The first-order valence-corrected chi connectivity index (χ1v) is 8.02. The van der Waals surface area contributed by atoms with Crippen LogP contribution in [0.2, 0.25) is 20.1 Å². The summed E-state index contributed by atoms with van der Waals surface area (Å²) >= 11 is 24.1. The van der Waals surface area contributed by atoms with Gasteiger partial charge in [-0.3, -0.25) is 0 Å². The monoisotopic (exact) mass is 362 g/mol. The van der Waals surface area contributed by atoms with E-state index in [9.17, 15) is 5.11 Å². The Labute approximate surface area is 144 Å². The fourth-order valence-electron chi connectivity index (χ4n) is 2.23. The van der Waals surface area contributed by atoms with E-state index in [4.69, 9.17) is 46.4 Å². The van der Waals surface area contributed by atoms with Crippen LogP contribution in [-0.2, 0) is 6.42 Å². The summed E-state index contributed by atoms with van der Waals surface area (Å²) in [5.41, 5.74) is 1.90. The molecule has 0 aliphatic carbocycles. The molecule has 0 heterocycles. The second-order valence-electron chi connectivity index (χ2n) is 4.82. The van der Waals surface area contributed by atoms with Crippen LogP contribution in [-0.4, -0.2) is 11.7 Å². The smallest absolute Gasteiger partial charge is 0.0500 e. The molecule has 1 atom stereocenters. The summed E-state index contributed by atoms with van der Waals surface area (Å²) in [6.07, 6.45) is 1.47. The van der Waals surface area contributed by atoms with E-state index in [0.29, 0.717) is 20.1 Å². The van der Waals surface area contributed by atoms with Gasteiger partial charge in [0, 0.05) is 32.6 Å². The number of hydrogen-bond donors (Lipinski definition) is 1. The third-order valence-corrected chi connectivity index (χ3v) is 4.55. The molecular weight excluding hydrogens is 350 g/mol. The van der Waals surface area contributed by atoms with Crippen molar-refractivity contribution in [2.24, 2.45) is 0 Å². The van der Waals surface area contributed by atoms with E-state index >= 15 is 0 Å². The fraction of sp³-hybridized carbons (Fsp3) is 0.250. The minimum Gasteiger partial charge on any atom is -0.396 e. The lowest BCUT2D eigenvalue weighted by molar-refractivity contribution is 0.259. The molecule has 0 fully saturated rings. The molecule has 0 spiro atoms. The number of aliphatic hydroxyl groups excluding tert-OH is 1. The molecular formula is C16H14Cl4O. The molecule has 1 nitrogen and oxygen atoms in total. The van der Waals surface area contributed by atoms with Crippen LogP contribution in [0.15, 0.2) is 36.4 Å². The van der Waals surface area contributed by atoms with Gasteiger partial charge >= 0.3 is 0 Å². The molecule has 0 amide bonds. The highest BCUT2D eigenvalue weighted by molar-refractivity contribution is 6.35. The lowest BCUT2D eigenvalue weighted by atomic mass is 9.93. The predicted molar refractivity (Wildman–Crippen MR) is 91.1 cm³/mol. The quantitative estimate of drug-likeness (QED) is 0.689. The van der Waals surface area contributed by atoms with Gasteiger partial charge in [0.15, 0.2) is 0 Å². The average Bonchev–Trinajstić information content (AvgIpc) is 2.43. The molecule has 0 saturated carbocycles. The van der Waals surface area contributed by atoms with Gasteiger partial charge in [0.1, 0.15) is 0 Å². The van der Waals surface area contributed by atoms with Gasteiger partial charge in [-0.05, 0) is 48.2 Å². The number of halogens is 4. The van der Waals surface area contributed by atoms with Crippen molar-refractivity contribution in [2.75, 3.05) is 6.61 Å². The molecule has 0 bridgehead atoms. The Morgan fingerprint density at radius 2 is 1.48 bits per heavy atom. The van der Waals surface area contributed by atoms with Crippen LogP contribution >= 0.6 is 46.4 Å². The Kier molecular flexibility index (Phi) is 6.21. The molecule has 0 saturated heterocycles. The highest BCUT2D eigenvalue weighted by Crippen LogP contribution is 2.31. The summed E-state index contributed by atoms with van der Waals surface area (Å²) in [6, 6.07) is 10.8. The minimum absolute atomic E-state index is 0.0204. The molecule has 2 rings (SSSR count). The number of aryl methyl sites for hydroxylation is 1. The van der Waals surface area contributed by atoms with Crippen LogP contribution in [0.1, 0.15) is 23.5 Å². The van der Waals surface area contributed by atoms with Crippen molar-refractivity contribution >= 4 is 46.4 Å². The Balaban J connectivity index is 2.12. The molecule has 112 valence electrons. The van der Waals surface area contributed by atoms with E-state index in [-0.39, 0.29) is 12.5 Å². The van der Waals surface area contributed by atoms with Crippen molar-refractivity contribution < 1.29 is 5.11 Å². The van der Waals surface area contributed by atoms with Gasteiger partial charge in [-0.15, -0.1) is 0 Å². The normalized spacial score (nSPS) is 12.4. The van der Waals surface area contributed by atoms with Gasteiger partial charge in [-0.2, -0.15) is 0 Å². The van der Waals surface area contributed by atoms with Gasteiger partial charge < -0.3 is 5.11 Å². The van der Waals surface area contributed by atoms with Gasteiger partial charge in [0.25, 0.3) is 0 Å². The Morgan fingerprint density at radius 3 is 2.05 bits per heavy atom. The Morgan fingerprint density at radius 1 is 0.857 bits per heavy atom. The summed E-state index contributed by atoms with van der Waals surface area (Å²) in [7, 11) is 0. The van der Waals surface area contributed by atoms with E-state index in [0.717, 1.165) is 24.0 Å². The van der Waals surface area contributed by atoms with E-state index in [2.05, 4.69) is 0 Å². The topological polar surface area (TPSA) is 20.2 Å². The van der Waals surface area contributed by atoms with Crippen molar-refractivity contribution in [1.82, 2.24) is 0 Å². The van der Waals surface area contributed by atoms with Gasteiger partial charge in [0.05, 0.1) is 0 Å². The summed E-state index contributed by atoms with van der Waals surface area (Å²) in [6.45, 7) is 0.0204. The van der Waals surface area contributed by atoms with Crippen molar-refractivity contribution in [3.63, 3.8) is 0 Å². The van der Waals surface area contributed by atoms with Crippen molar-refractivity contribution in [3.8, 4) is 0 Å². The minimum atomic E-state index is -0.0542. The van der Waals surface area contributed by atoms with Gasteiger partial charge in [-0.25, -0.2) is 0 Å². The molecule has 2 aromatic carbocycles. The van der Waals surface area contributed by atoms with Crippen LogP contribution < -0.4 is 0 Å². The second kappa shape index (κ2) is 7.71. The molecule has 0 radical (unpaired) electrons. The SMILES string of the molecule is OC[C@H](CCc1ccc(Cl)cc1Cl)c1ccc(Cl)cc1Cl. The second-order valence-corrected chi connectivity index (χ2v) is 6.51. The predicted octanol–water partition coefficient (Wildman–Crippen LogP) is 6.01. The van der Waals surface area contributed by atoms with Gasteiger partial charge in [0.2, 0.25) is 0 Å². The standard InChI is InChI=1S/C16H14Cl4O/c17-12-4-3-10(15(19)7-12)1-2-11(9-21)14-6-5-13(18)8-16(14)20/h3-8,11,21H,1-2,9H2/t11-/m0/s1. The largest absolute Gasteiger partial charge is 0.396 e. The number of aliphatic hydroxyl groups is 1. The summed E-state index contributed by atoms with van der Waals surface area (Å²) in [5.74, 6) is -0.0542.